The molecule has 1 aromatic heterocycles. The number of carboxylic acid groups (broad SMARTS) is 1. The van der Waals surface area contributed by atoms with Gasteiger partial charge in [0, 0.05) is 11.9 Å². The fourth-order valence-electron chi connectivity index (χ4n) is 1.93. The third-order valence-electron chi connectivity index (χ3n) is 2.89. The predicted molar refractivity (Wildman–Crippen MR) is 69.0 cm³/mol. The van der Waals surface area contributed by atoms with Crippen molar-refractivity contribution in [2.24, 2.45) is 0 Å². The zero-order chi connectivity index (χ0) is 13.1. The number of benzene rings is 1. The maximum absolute atomic E-state index is 10.7. The van der Waals surface area contributed by atoms with Gasteiger partial charge in [-0.3, -0.25) is 4.79 Å². The van der Waals surface area contributed by atoms with Crippen molar-refractivity contribution in [1.29, 1.82) is 0 Å². The number of nitrogens with zero attached hydrogens (tertiary/aromatic N) is 2. The molecule has 94 valence electrons. The summed E-state index contributed by atoms with van der Waals surface area (Å²) in [7, 11) is 0. The molecule has 0 saturated carbocycles. The molecule has 4 nitrogen and oxygen atoms in total. The fraction of sp³-hybridized carbons (Fsp3) is 0.286. The van der Waals surface area contributed by atoms with E-state index >= 15 is 0 Å². The van der Waals surface area contributed by atoms with Crippen LogP contribution in [0, 0.1) is 6.92 Å². The molecule has 0 saturated heterocycles. The van der Waals surface area contributed by atoms with Gasteiger partial charge < -0.3 is 9.67 Å². The van der Waals surface area contributed by atoms with Gasteiger partial charge in [-0.1, -0.05) is 19.1 Å². The summed E-state index contributed by atoms with van der Waals surface area (Å²) < 4.78 is 1.91. The average Bonchev–Trinajstić information content (AvgIpc) is 2.69. The van der Waals surface area contributed by atoms with Crippen LogP contribution in [0.2, 0.25) is 0 Å². The second-order valence-electron chi connectivity index (χ2n) is 4.24. The Morgan fingerprint density at radius 2 is 2.00 bits per heavy atom. The number of hydrogen-bond donors (Lipinski definition) is 1. The highest BCUT2D eigenvalue weighted by molar-refractivity contribution is 5.69. The molecule has 18 heavy (non-hydrogen) atoms. The minimum atomic E-state index is -0.860. The lowest BCUT2D eigenvalue weighted by Crippen LogP contribution is -1.99. The van der Waals surface area contributed by atoms with Crippen molar-refractivity contribution < 1.29 is 9.90 Å². The zero-order valence-corrected chi connectivity index (χ0v) is 10.6. The monoisotopic (exact) mass is 244 g/mol. The van der Waals surface area contributed by atoms with Crippen molar-refractivity contribution in [1.82, 2.24) is 9.55 Å². The van der Waals surface area contributed by atoms with Crippen LogP contribution in [0.3, 0.4) is 0 Å². The number of rotatable bonds is 4. The smallest absolute Gasteiger partial charge is 0.309 e. The normalized spacial score (nSPS) is 10.6. The van der Waals surface area contributed by atoms with Crippen LogP contribution in [-0.4, -0.2) is 20.6 Å². The van der Waals surface area contributed by atoms with Crippen LogP contribution in [0.1, 0.15) is 24.0 Å². The molecule has 0 aliphatic rings. The Bertz CT molecular complexity index is 556. The third kappa shape index (κ3) is 2.59. The van der Waals surface area contributed by atoms with E-state index in [9.17, 15) is 4.79 Å². The molecule has 0 atom stereocenters. The SMILES string of the molecule is CCc1ccc(-n2cc(CC(=O)O)nc2C)cc1. The standard InChI is InChI=1S/C14H16N2O2/c1-3-11-4-6-13(7-5-11)16-9-12(8-14(17)18)15-10(16)2/h4-7,9H,3,8H2,1-2H3,(H,17,18). The van der Waals surface area contributed by atoms with Crippen LogP contribution < -0.4 is 0 Å². The summed E-state index contributed by atoms with van der Waals surface area (Å²) in [4.78, 5) is 14.9. The number of carbonyl (C=O) groups is 1. The molecule has 1 heterocycles. The van der Waals surface area contributed by atoms with E-state index < -0.39 is 5.97 Å². The van der Waals surface area contributed by atoms with Crippen molar-refractivity contribution in [3.05, 3.63) is 47.5 Å². The first-order chi connectivity index (χ1) is 8.60. The van der Waals surface area contributed by atoms with Crippen LogP contribution in [0.4, 0.5) is 0 Å². The molecule has 4 heteroatoms. The zero-order valence-electron chi connectivity index (χ0n) is 10.6. The maximum Gasteiger partial charge on any atom is 0.309 e. The van der Waals surface area contributed by atoms with E-state index in [2.05, 4.69) is 24.0 Å². The number of imidazole rings is 1. The van der Waals surface area contributed by atoms with Gasteiger partial charge in [-0.15, -0.1) is 0 Å². The Morgan fingerprint density at radius 1 is 1.33 bits per heavy atom. The quantitative estimate of drug-likeness (QED) is 0.898. The third-order valence-corrected chi connectivity index (χ3v) is 2.89. The van der Waals surface area contributed by atoms with Crippen LogP contribution in [-0.2, 0) is 17.6 Å². The van der Waals surface area contributed by atoms with Crippen molar-refractivity contribution in [2.75, 3.05) is 0 Å². The second-order valence-corrected chi connectivity index (χ2v) is 4.24. The summed E-state index contributed by atoms with van der Waals surface area (Å²) in [6.45, 7) is 3.99. The summed E-state index contributed by atoms with van der Waals surface area (Å²) in [6.07, 6.45) is 2.75. The lowest BCUT2D eigenvalue weighted by atomic mass is 10.1. The number of carboxylic acids is 1. The fourth-order valence-corrected chi connectivity index (χ4v) is 1.93. The van der Waals surface area contributed by atoms with Crippen molar-refractivity contribution in [3.63, 3.8) is 0 Å². The highest BCUT2D eigenvalue weighted by Crippen LogP contribution is 2.14. The first-order valence-corrected chi connectivity index (χ1v) is 5.96. The Hall–Kier alpha value is -2.10. The molecule has 0 fully saturated rings. The summed E-state index contributed by atoms with van der Waals surface area (Å²) in [5.74, 6) is -0.0588. The van der Waals surface area contributed by atoms with Crippen molar-refractivity contribution in [2.45, 2.75) is 26.7 Å². The number of hydrogen-bond acceptors (Lipinski definition) is 2. The van der Waals surface area contributed by atoms with E-state index in [4.69, 9.17) is 5.11 Å². The van der Waals surface area contributed by atoms with Crippen LogP contribution in [0.5, 0.6) is 0 Å². The second kappa shape index (κ2) is 5.04. The topological polar surface area (TPSA) is 55.1 Å². The first kappa shape index (κ1) is 12.4. The van der Waals surface area contributed by atoms with Gasteiger partial charge in [0.15, 0.2) is 0 Å². The summed E-state index contributed by atoms with van der Waals surface area (Å²) in [5, 5.41) is 8.76. The van der Waals surface area contributed by atoms with Gasteiger partial charge in [0.05, 0.1) is 12.1 Å². The maximum atomic E-state index is 10.7. The van der Waals surface area contributed by atoms with E-state index in [-0.39, 0.29) is 6.42 Å². The van der Waals surface area contributed by atoms with E-state index in [1.807, 2.05) is 23.6 Å². The summed E-state index contributed by atoms with van der Waals surface area (Å²) in [5.41, 5.74) is 2.87. The molecule has 0 amide bonds. The molecule has 0 aliphatic carbocycles. The lowest BCUT2D eigenvalue weighted by molar-refractivity contribution is -0.136. The Kier molecular flexibility index (Phi) is 3.46. The number of aliphatic carboxylic acids is 1. The van der Waals surface area contributed by atoms with Gasteiger partial charge in [0.25, 0.3) is 0 Å². The minimum Gasteiger partial charge on any atom is -0.481 e. The van der Waals surface area contributed by atoms with Gasteiger partial charge in [-0.25, -0.2) is 4.98 Å². The van der Waals surface area contributed by atoms with Crippen LogP contribution >= 0.6 is 0 Å². The largest absolute Gasteiger partial charge is 0.481 e. The highest BCUT2D eigenvalue weighted by Gasteiger charge is 2.08. The molecule has 0 aliphatic heterocycles. The van der Waals surface area contributed by atoms with E-state index in [1.54, 1.807) is 6.20 Å². The summed E-state index contributed by atoms with van der Waals surface area (Å²) >= 11 is 0. The van der Waals surface area contributed by atoms with Gasteiger partial charge in [-0.2, -0.15) is 0 Å². The van der Waals surface area contributed by atoms with Crippen LogP contribution in [0.25, 0.3) is 5.69 Å². The van der Waals surface area contributed by atoms with Gasteiger partial charge in [-0.05, 0) is 31.0 Å². The molecule has 1 N–H and O–H groups in total. The number of aromatic nitrogens is 2. The predicted octanol–water partition coefficient (Wildman–Crippen LogP) is 2.37. The van der Waals surface area contributed by atoms with Crippen LogP contribution in [0.15, 0.2) is 30.5 Å². The van der Waals surface area contributed by atoms with Gasteiger partial charge in [0.1, 0.15) is 5.82 Å². The van der Waals surface area contributed by atoms with Crippen molar-refractivity contribution in [3.8, 4) is 5.69 Å². The molecule has 2 rings (SSSR count). The lowest BCUT2D eigenvalue weighted by Gasteiger charge is -2.05. The average molecular weight is 244 g/mol. The Balaban J connectivity index is 2.31. The number of aryl methyl sites for hydroxylation is 2. The minimum absolute atomic E-state index is 0.0408. The molecule has 0 unspecified atom stereocenters. The molecule has 1 aromatic carbocycles. The Morgan fingerprint density at radius 3 is 2.56 bits per heavy atom. The van der Waals surface area contributed by atoms with E-state index in [1.165, 1.54) is 5.56 Å². The molecule has 0 radical (unpaired) electrons. The van der Waals surface area contributed by atoms with Gasteiger partial charge >= 0.3 is 5.97 Å². The van der Waals surface area contributed by atoms with E-state index in [0.717, 1.165) is 17.9 Å². The molecular formula is C14H16N2O2. The van der Waals surface area contributed by atoms with Crippen molar-refractivity contribution >= 4 is 5.97 Å². The molecular weight excluding hydrogens is 228 g/mol. The first-order valence-electron chi connectivity index (χ1n) is 5.96. The molecule has 2 aromatic rings. The summed E-state index contributed by atoms with van der Waals surface area (Å²) in [6, 6.07) is 8.20. The Labute approximate surface area is 106 Å². The molecule has 0 bridgehead atoms. The van der Waals surface area contributed by atoms with Gasteiger partial charge in [0.2, 0.25) is 0 Å². The molecule has 0 spiro atoms. The van der Waals surface area contributed by atoms with E-state index in [0.29, 0.717) is 5.69 Å². The highest BCUT2D eigenvalue weighted by atomic mass is 16.4.